The fourth-order valence-electron chi connectivity index (χ4n) is 1.89. The van der Waals surface area contributed by atoms with Crippen molar-refractivity contribution in [3.63, 3.8) is 0 Å². The molecule has 2 rings (SSSR count). The number of nitrogens with one attached hydrogen (secondary N) is 2. The molecular weight excluding hydrogens is 405 g/mol. The molecule has 0 atom stereocenters. The molecule has 0 radical (unpaired) electrons. The molecule has 0 bridgehead atoms. The summed E-state index contributed by atoms with van der Waals surface area (Å²) >= 11 is 0. The molecule has 0 aliphatic carbocycles. The minimum absolute atomic E-state index is 0.0579. The van der Waals surface area contributed by atoms with E-state index in [0.717, 1.165) is 29.7 Å². The Kier molecular flexibility index (Phi) is 6.29. The highest BCUT2D eigenvalue weighted by Gasteiger charge is 2.30. The number of alkyl halides is 3. The Balaban J connectivity index is 2.07. The third-order valence-electron chi connectivity index (χ3n) is 3.13. The van der Waals surface area contributed by atoms with Gasteiger partial charge in [0.05, 0.1) is 10.3 Å². The first-order chi connectivity index (χ1) is 12.5. The molecule has 2 N–H and O–H groups in total. The van der Waals surface area contributed by atoms with Crippen LogP contribution in [0.5, 0.6) is 0 Å². The summed E-state index contributed by atoms with van der Waals surface area (Å²) in [5.41, 5.74) is 0.725. The summed E-state index contributed by atoms with van der Waals surface area (Å²) in [7, 11) is -8.22. The van der Waals surface area contributed by atoms with E-state index in [2.05, 4.69) is 4.72 Å². The monoisotopic (exact) mass is 420 g/mol. The third kappa shape index (κ3) is 7.04. The lowest BCUT2D eigenvalue weighted by Crippen LogP contribution is -2.33. The van der Waals surface area contributed by atoms with Crippen molar-refractivity contribution in [1.29, 1.82) is 0 Å². The Morgan fingerprint density at radius 2 is 1.48 bits per heavy atom. The quantitative estimate of drug-likeness (QED) is 0.720. The summed E-state index contributed by atoms with van der Waals surface area (Å²) < 4.78 is 87.6. The zero-order valence-electron chi connectivity index (χ0n) is 13.6. The highest BCUT2D eigenvalue weighted by atomic mass is 32.2. The van der Waals surface area contributed by atoms with Gasteiger partial charge in [-0.1, -0.05) is 30.3 Å². The summed E-state index contributed by atoms with van der Waals surface area (Å²) in [5.74, 6) is 0. The molecule has 6 nitrogen and oxygen atoms in total. The van der Waals surface area contributed by atoms with Crippen LogP contribution >= 0.6 is 0 Å². The topological polar surface area (TPSA) is 92.3 Å². The molecule has 0 saturated heterocycles. The number of rotatable bonds is 7. The first-order valence-corrected chi connectivity index (χ1v) is 10.4. The molecule has 0 amide bonds. The molecule has 2 aromatic carbocycles. The zero-order valence-corrected chi connectivity index (χ0v) is 15.3. The Morgan fingerprint density at radius 1 is 0.889 bits per heavy atom. The van der Waals surface area contributed by atoms with Crippen molar-refractivity contribution >= 4 is 31.8 Å². The summed E-state index contributed by atoms with van der Waals surface area (Å²) in [6.45, 7) is -1.70. The fraction of sp³-hybridized carbons (Fsp3) is 0.125. The van der Waals surface area contributed by atoms with Crippen LogP contribution in [0.25, 0.3) is 6.08 Å². The predicted octanol–water partition coefficient (Wildman–Crippen LogP) is 2.94. The Morgan fingerprint density at radius 3 is 2.04 bits per heavy atom. The molecule has 2 aromatic rings. The van der Waals surface area contributed by atoms with E-state index in [-0.39, 0.29) is 5.69 Å². The molecule has 0 heterocycles. The van der Waals surface area contributed by atoms with Gasteiger partial charge in [0.25, 0.3) is 10.0 Å². The predicted molar refractivity (Wildman–Crippen MR) is 95.7 cm³/mol. The van der Waals surface area contributed by atoms with Gasteiger partial charge < -0.3 is 0 Å². The van der Waals surface area contributed by atoms with Gasteiger partial charge in [-0.2, -0.15) is 13.2 Å². The maximum Gasteiger partial charge on any atom is 0.402 e. The van der Waals surface area contributed by atoms with Gasteiger partial charge in [0.15, 0.2) is 0 Å². The Labute approximate surface area is 154 Å². The summed E-state index contributed by atoms with van der Waals surface area (Å²) in [4.78, 5) is -0.422. The van der Waals surface area contributed by atoms with Crippen molar-refractivity contribution < 1.29 is 30.0 Å². The van der Waals surface area contributed by atoms with E-state index in [1.54, 1.807) is 30.3 Å². The minimum Gasteiger partial charge on any atom is -0.280 e. The number of sulfonamides is 2. The van der Waals surface area contributed by atoms with Gasteiger partial charge in [-0.05, 0) is 35.9 Å². The van der Waals surface area contributed by atoms with Crippen LogP contribution in [0.1, 0.15) is 5.56 Å². The lowest BCUT2D eigenvalue weighted by Gasteiger charge is -2.10. The van der Waals surface area contributed by atoms with E-state index in [1.807, 2.05) is 0 Å². The van der Waals surface area contributed by atoms with Crippen LogP contribution in [0.15, 0.2) is 64.9 Å². The van der Waals surface area contributed by atoms with Gasteiger partial charge >= 0.3 is 6.18 Å². The van der Waals surface area contributed by atoms with Crippen molar-refractivity contribution in [2.45, 2.75) is 11.1 Å². The van der Waals surface area contributed by atoms with Crippen molar-refractivity contribution in [3.05, 3.63) is 65.6 Å². The van der Waals surface area contributed by atoms with E-state index in [4.69, 9.17) is 0 Å². The van der Waals surface area contributed by atoms with Gasteiger partial charge in [0.1, 0.15) is 6.54 Å². The van der Waals surface area contributed by atoms with Crippen molar-refractivity contribution in [2.75, 3.05) is 11.3 Å². The number of hydrogen-bond acceptors (Lipinski definition) is 4. The average Bonchev–Trinajstić information content (AvgIpc) is 2.59. The Bertz CT molecular complexity index is 1000. The second kappa shape index (κ2) is 8.11. The normalized spacial score (nSPS) is 13.0. The molecule has 0 fully saturated rings. The standard InChI is InChI=1S/C16H15F3N2O4S2/c17-16(18,19)12-20-27(24,25)15-8-6-14(7-9-15)21-26(22,23)11-10-13-4-2-1-3-5-13/h1-11,20-21H,12H2/b11-10+. The van der Waals surface area contributed by atoms with Crippen LogP contribution in [-0.2, 0) is 20.0 Å². The summed E-state index contributed by atoms with van der Waals surface area (Å²) in [6, 6.07) is 12.9. The summed E-state index contributed by atoms with van der Waals surface area (Å²) in [5, 5.41) is 0.942. The van der Waals surface area contributed by atoms with Crippen molar-refractivity contribution in [1.82, 2.24) is 4.72 Å². The smallest absolute Gasteiger partial charge is 0.280 e. The van der Waals surface area contributed by atoms with Crippen LogP contribution in [0.4, 0.5) is 18.9 Å². The SMILES string of the molecule is O=S(=O)(/C=C/c1ccccc1)Nc1ccc(S(=O)(=O)NCC(F)(F)F)cc1. The van der Waals surface area contributed by atoms with Crippen LogP contribution in [0.3, 0.4) is 0 Å². The second-order valence-corrected chi connectivity index (χ2v) is 8.66. The lowest BCUT2D eigenvalue weighted by molar-refractivity contribution is -0.121. The largest absolute Gasteiger partial charge is 0.402 e. The van der Waals surface area contributed by atoms with E-state index in [1.165, 1.54) is 10.8 Å². The zero-order chi connectivity index (χ0) is 20.1. The average molecular weight is 420 g/mol. The molecule has 0 aromatic heterocycles. The van der Waals surface area contributed by atoms with Crippen molar-refractivity contribution in [2.24, 2.45) is 0 Å². The van der Waals surface area contributed by atoms with Crippen molar-refractivity contribution in [3.8, 4) is 0 Å². The minimum atomic E-state index is -4.69. The molecule has 27 heavy (non-hydrogen) atoms. The van der Waals surface area contributed by atoms with Crippen LogP contribution in [-0.4, -0.2) is 29.6 Å². The summed E-state index contributed by atoms with van der Waals surface area (Å²) in [6.07, 6.45) is -3.31. The number of benzene rings is 2. The molecule has 0 spiro atoms. The van der Waals surface area contributed by atoms with E-state index >= 15 is 0 Å². The molecule has 11 heteroatoms. The first kappa shape index (κ1) is 20.9. The molecule has 0 aliphatic heterocycles. The third-order valence-corrected chi connectivity index (χ3v) is 5.56. The van der Waals surface area contributed by atoms with Crippen LogP contribution < -0.4 is 9.44 Å². The van der Waals surface area contributed by atoms with Gasteiger partial charge in [-0.15, -0.1) is 0 Å². The lowest BCUT2D eigenvalue weighted by atomic mass is 10.2. The highest BCUT2D eigenvalue weighted by Crippen LogP contribution is 2.18. The van der Waals surface area contributed by atoms with E-state index in [9.17, 15) is 30.0 Å². The first-order valence-electron chi connectivity index (χ1n) is 7.39. The number of anilines is 1. The molecule has 0 unspecified atom stereocenters. The fourth-order valence-corrected chi connectivity index (χ4v) is 3.78. The molecular formula is C16H15F3N2O4S2. The van der Waals surface area contributed by atoms with Gasteiger partial charge in [-0.25, -0.2) is 21.6 Å². The highest BCUT2D eigenvalue weighted by molar-refractivity contribution is 7.95. The Hall–Kier alpha value is -2.37. The van der Waals surface area contributed by atoms with Gasteiger partial charge in [0, 0.05) is 5.69 Å². The van der Waals surface area contributed by atoms with Crippen LogP contribution in [0, 0.1) is 0 Å². The maximum absolute atomic E-state index is 12.1. The molecule has 146 valence electrons. The van der Waals surface area contributed by atoms with Crippen LogP contribution in [0.2, 0.25) is 0 Å². The maximum atomic E-state index is 12.1. The van der Waals surface area contributed by atoms with E-state index in [0.29, 0.717) is 5.56 Å². The van der Waals surface area contributed by atoms with Gasteiger partial charge in [0.2, 0.25) is 10.0 Å². The number of halogens is 3. The second-order valence-electron chi connectivity index (χ2n) is 5.32. The molecule has 0 saturated carbocycles. The molecule has 0 aliphatic rings. The van der Waals surface area contributed by atoms with Gasteiger partial charge in [-0.3, -0.25) is 4.72 Å². The number of hydrogen-bond donors (Lipinski definition) is 2. The van der Waals surface area contributed by atoms with E-state index < -0.39 is 37.7 Å².